The van der Waals surface area contributed by atoms with Gasteiger partial charge in [0.2, 0.25) is 16.7 Å². The fraction of sp³-hybridized carbons (Fsp3) is 0.688. The maximum atomic E-state index is 12.3. The lowest BCUT2D eigenvalue weighted by Gasteiger charge is -2.14. The summed E-state index contributed by atoms with van der Waals surface area (Å²) in [6.45, 7) is 7.00. The molecule has 31 heavy (non-hydrogen) atoms. The molecule has 0 spiro atoms. The number of nitrogens with zero attached hydrogens (tertiary/aromatic N) is 4. The number of carbonyl (C=O) groups is 1. The van der Waals surface area contributed by atoms with E-state index >= 15 is 0 Å². The highest BCUT2D eigenvalue weighted by molar-refractivity contribution is 7.91. The Balaban J connectivity index is 1.78. The molecule has 0 aliphatic rings. The Bertz CT molecular complexity index is 945. The van der Waals surface area contributed by atoms with Crippen molar-refractivity contribution in [2.24, 2.45) is 0 Å². The van der Waals surface area contributed by atoms with Gasteiger partial charge < -0.3 is 19.9 Å². The van der Waals surface area contributed by atoms with Gasteiger partial charge in [0.15, 0.2) is 9.84 Å². The van der Waals surface area contributed by atoms with Gasteiger partial charge in [0.05, 0.1) is 23.7 Å². The Morgan fingerprint density at radius 2 is 1.52 bits per heavy atom. The lowest BCUT2D eigenvalue weighted by molar-refractivity contribution is -0.105. The zero-order valence-electron chi connectivity index (χ0n) is 17.6. The maximum Gasteiger partial charge on any atom is 0.413 e. The van der Waals surface area contributed by atoms with Crippen LogP contribution in [0.3, 0.4) is 0 Å². The first kappa shape index (κ1) is 25.3. The summed E-state index contributed by atoms with van der Waals surface area (Å²) in [5.74, 6) is -0.208. The van der Waals surface area contributed by atoms with Gasteiger partial charge in [0.25, 0.3) is 0 Å². The van der Waals surface area contributed by atoms with E-state index in [0.29, 0.717) is 15.1 Å². The number of hydrogen-bond acceptors (Lipinski definition) is 13. The van der Waals surface area contributed by atoms with Gasteiger partial charge in [0, 0.05) is 12.8 Å². The molecule has 0 fully saturated rings. The maximum absolute atomic E-state index is 12.3. The smallest absolute Gasteiger partial charge is 0.413 e. The van der Waals surface area contributed by atoms with Crippen molar-refractivity contribution < 1.29 is 27.8 Å². The molecule has 3 N–H and O–H groups in total. The summed E-state index contributed by atoms with van der Waals surface area (Å²) < 4.78 is 34.8. The Kier molecular flexibility index (Phi) is 9.49. The second kappa shape index (κ2) is 11.6. The number of aliphatic hydroxyl groups is 1. The summed E-state index contributed by atoms with van der Waals surface area (Å²) in [4.78, 5) is 11.6. The molecule has 1 amide bonds. The first-order valence-electron chi connectivity index (χ1n) is 9.45. The van der Waals surface area contributed by atoms with Gasteiger partial charge in [-0.05, 0) is 27.7 Å². The molecule has 0 bridgehead atoms. The van der Waals surface area contributed by atoms with E-state index in [1.54, 1.807) is 27.7 Å². The summed E-state index contributed by atoms with van der Waals surface area (Å²) in [5.41, 5.74) is 0. The molecule has 12 nitrogen and oxygen atoms in total. The number of hydrogen-bond donors (Lipinski definition) is 3. The normalized spacial score (nSPS) is 12.9. The van der Waals surface area contributed by atoms with E-state index in [1.165, 1.54) is 0 Å². The molecule has 15 heteroatoms. The van der Waals surface area contributed by atoms with Crippen LogP contribution < -0.4 is 10.6 Å². The largest absolute Gasteiger partial charge is 0.447 e. The minimum Gasteiger partial charge on any atom is -0.447 e. The second-order valence-electron chi connectivity index (χ2n) is 6.91. The monoisotopic (exact) mass is 494 g/mol. The van der Waals surface area contributed by atoms with Gasteiger partial charge >= 0.3 is 6.09 Å². The summed E-state index contributed by atoms with van der Waals surface area (Å²) >= 11 is 2.24. The SMILES string of the molecule is CC(C)OC(=O)Nc1nnc(CCS(=O)(=O)CCc2nnc(NC(O)OC(C)C)s2)s1. The van der Waals surface area contributed by atoms with Crippen LogP contribution in [0.25, 0.3) is 0 Å². The van der Waals surface area contributed by atoms with Crippen molar-refractivity contribution in [3.05, 3.63) is 10.0 Å². The van der Waals surface area contributed by atoms with Crippen LogP contribution >= 0.6 is 22.7 Å². The predicted octanol–water partition coefficient (Wildman–Crippen LogP) is 1.66. The van der Waals surface area contributed by atoms with Crippen molar-refractivity contribution in [2.45, 2.75) is 59.2 Å². The van der Waals surface area contributed by atoms with Crippen LogP contribution in [0.5, 0.6) is 0 Å². The molecular formula is C16H26N6O6S3. The minimum atomic E-state index is -3.37. The van der Waals surface area contributed by atoms with Crippen LogP contribution in [0.4, 0.5) is 15.1 Å². The molecule has 2 aromatic rings. The highest BCUT2D eigenvalue weighted by atomic mass is 32.2. The molecule has 0 saturated heterocycles. The Labute approximate surface area is 188 Å². The number of nitrogens with one attached hydrogen (secondary N) is 2. The van der Waals surface area contributed by atoms with E-state index in [4.69, 9.17) is 9.47 Å². The quantitative estimate of drug-likeness (QED) is 0.367. The average molecular weight is 495 g/mol. The van der Waals surface area contributed by atoms with Crippen molar-refractivity contribution in [3.8, 4) is 0 Å². The number of rotatable bonds is 12. The summed E-state index contributed by atoms with van der Waals surface area (Å²) in [6.07, 6.45) is -1.91. The minimum absolute atomic E-state index is 0.0999. The van der Waals surface area contributed by atoms with E-state index in [1.807, 2.05) is 0 Å². The number of aryl methyl sites for hydroxylation is 2. The third kappa shape index (κ3) is 9.82. The molecule has 0 saturated carbocycles. The fourth-order valence-corrected chi connectivity index (χ4v) is 5.08. The zero-order chi connectivity index (χ0) is 23.0. The predicted molar refractivity (Wildman–Crippen MR) is 117 cm³/mol. The van der Waals surface area contributed by atoms with Gasteiger partial charge in [-0.25, -0.2) is 13.2 Å². The van der Waals surface area contributed by atoms with Gasteiger partial charge in [-0.1, -0.05) is 22.7 Å². The lowest BCUT2D eigenvalue weighted by Crippen LogP contribution is -2.25. The Morgan fingerprint density at radius 3 is 2.06 bits per heavy atom. The van der Waals surface area contributed by atoms with Crippen LogP contribution in [0, 0.1) is 0 Å². The van der Waals surface area contributed by atoms with Crippen LogP contribution in [0.1, 0.15) is 37.7 Å². The van der Waals surface area contributed by atoms with E-state index in [9.17, 15) is 18.3 Å². The fourth-order valence-electron chi connectivity index (χ4n) is 2.13. The number of aromatic nitrogens is 4. The standard InChI is InChI=1S/C16H26N6O6S3/c1-9(2)27-15(23)17-13-21-19-11(29-13)5-7-31(25,26)8-6-12-20-22-14(30-12)18-16(24)28-10(3)4/h9-10,15,23H,5-8H2,1-4H3,(H,17,21)(H,18,22,24). The Morgan fingerprint density at radius 1 is 0.968 bits per heavy atom. The molecule has 174 valence electrons. The third-order valence-corrected chi connectivity index (χ3v) is 6.85. The molecule has 0 aromatic carbocycles. The molecule has 0 radical (unpaired) electrons. The lowest BCUT2D eigenvalue weighted by atomic mass is 10.5. The van der Waals surface area contributed by atoms with Crippen LogP contribution in [0.15, 0.2) is 0 Å². The van der Waals surface area contributed by atoms with Gasteiger partial charge in [-0.15, -0.1) is 20.4 Å². The first-order valence-corrected chi connectivity index (χ1v) is 12.9. The number of ether oxygens (including phenoxy) is 2. The molecule has 2 aromatic heterocycles. The number of sulfone groups is 1. The highest BCUT2D eigenvalue weighted by Crippen LogP contribution is 2.19. The molecule has 2 heterocycles. The van der Waals surface area contributed by atoms with Crippen molar-refractivity contribution in [2.75, 3.05) is 22.1 Å². The molecular weight excluding hydrogens is 468 g/mol. The average Bonchev–Trinajstić information content (AvgIpc) is 3.26. The van der Waals surface area contributed by atoms with E-state index in [2.05, 4.69) is 31.0 Å². The first-order chi connectivity index (χ1) is 14.5. The zero-order valence-corrected chi connectivity index (χ0v) is 20.0. The second-order valence-corrected chi connectivity index (χ2v) is 11.3. The summed E-state index contributed by atoms with van der Waals surface area (Å²) in [5, 5.41) is 31.9. The van der Waals surface area contributed by atoms with Gasteiger partial charge in [-0.3, -0.25) is 5.32 Å². The molecule has 1 atom stereocenters. The van der Waals surface area contributed by atoms with Crippen molar-refractivity contribution in [1.82, 2.24) is 20.4 Å². The van der Waals surface area contributed by atoms with Crippen LogP contribution in [0.2, 0.25) is 0 Å². The van der Waals surface area contributed by atoms with E-state index in [-0.39, 0.29) is 41.7 Å². The molecule has 0 aliphatic heterocycles. The number of anilines is 2. The number of amides is 1. The van der Waals surface area contributed by atoms with Crippen molar-refractivity contribution in [1.29, 1.82) is 0 Å². The number of carbonyl (C=O) groups excluding carboxylic acids is 1. The number of aliphatic hydroxyl groups excluding tert-OH is 1. The van der Waals surface area contributed by atoms with E-state index < -0.39 is 22.3 Å². The van der Waals surface area contributed by atoms with Crippen LogP contribution in [-0.4, -0.2) is 70.1 Å². The summed E-state index contributed by atoms with van der Waals surface area (Å²) in [7, 11) is -3.37. The van der Waals surface area contributed by atoms with Crippen LogP contribution in [-0.2, 0) is 32.2 Å². The van der Waals surface area contributed by atoms with Gasteiger partial charge in [-0.2, -0.15) is 0 Å². The van der Waals surface area contributed by atoms with E-state index in [0.717, 1.165) is 22.7 Å². The highest BCUT2D eigenvalue weighted by Gasteiger charge is 2.17. The topological polar surface area (TPSA) is 166 Å². The van der Waals surface area contributed by atoms with Crippen molar-refractivity contribution >= 4 is 48.9 Å². The van der Waals surface area contributed by atoms with Gasteiger partial charge in [0.1, 0.15) is 10.0 Å². The molecule has 1 unspecified atom stereocenters. The molecule has 0 aliphatic carbocycles. The third-order valence-electron chi connectivity index (χ3n) is 3.39. The van der Waals surface area contributed by atoms with Crippen molar-refractivity contribution in [3.63, 3.8) is 0 Å². The Hall–Kier alpha value is -1.94. The molecule has 2 rings (SSSR count). The summed E-state index contributed by atoms with van der Waals surface area (Å²) in [6, 6.07) is 0.